The number of hydrogen-bond acceptors (Lipinski definition) is 9. The van der Waals surface area contributed by atoms with Crippen LogP contribution >= 0.6 is 11.3 Å². The molecule has 9 nitrogen and oxygen atoms in total. The molecule has 1 aliphatic rings. The van der Waals surface area contributed by atoms with E-state index in [2.05, 4.69) is 4.98 Å². The molecule has 0 fully saturated rings. The molecule has 1 aromatic heterocycles. The number of aromatic nitrogens is 1. The number of methoxy groups -OCH3 is 3. The van der Waals surface area contributed by atoms with Crippen molar-refractivity contribution in [2.75, 3.05) is 48.5 Å². The number of aliphatic hydroxyl groups excluding tert-OH is 1. The molecule has 10 heteroatoms. The number of rotatable bonds is 11. The number of carbonyl (C=O) groups is 2. The van der Waals surface area contributed by atoms with E-state index in [1.807, 2.05) is 49.3 Å². The van der Waals surface area contributed by atoms with Crippen molar-refractivity contribution in [1.29, 1.82) is 0 Å². The van der Waals surface area contributed by atoms with E-state index in [1.165, 1.54) is 37.6 Å². The van der Waals surface area contributed by atoms with Crippen LogP contribution in [0.3, 0.4) is 0 Å². The highest BCUT2D eigenvalue weighted by atomic mass is 32.1. The molecule has 2 aromatic carbocycles. The number of hydrogen-bond donors (Lipinski definition) is 1. The summed E-state index contributed by atoms with van der Waals surface area (Å²) in [5.74, 6) is -0.442. The standard InChI is InChI=1S/C29H33N3O6S/c1-17-27(39-28(30-17)18-11-8-7-9-12-18)24(33)22-23(32(29(35)25(22)34)14-10-13-31(2)3)19-15-20(36-4)26(38-6)21(16-19)37-5/h7-9,11-12,15-16,23,34H,10,13-14H2,1-6H3. The van der Waals surface area contributed by atoms with E-state index in [0.29, 0.717) is 51.4 Å². The number of aryl methyl sites for hydroxylation is 1. The molecule has 1 amide bonds. The van der Waals surface area contributed by atoms with Crippen LogP contribution in [0, 0.1) is 6.92 Å². The lowest BCUT2D eigenvalue weighted by atomic mass is 9.94. The fourth-order valence-corrected chi connectivity index (χ4v) is 5.74. The highest BCUT2D eigenvalue weighted by Crippen LogP contribution is 2.46. The van der Waals surface area contributed by atoms with Gasteiger partial charge in [0.05, 0.1) is 43.5 Å². The minimum atomic E-state index is -0.859. The van der Waals surface area contributed by atoms with Gasteiger partial charge >= 0.3 is 0 Å². The Morgan fingerprint density at radius 2 is 1.72 bits per heavy atom. The predicted molar refractivity (Wildman–Crippen MR) is 150 cm³/mol. The van der Waals surface area contributed by atoms with E-state index in [-0.39, 0.29) is 5.57 Å². The molecule has 4 rings (SSSR count). The zero-order chi connectivity index (χ0) is 28.3. The topological polar surface area (TPSA) is 101 Å². The van der Waals surface area contributed by atoms with Crippen molar-refractivity contribution in [1.82, 2.24) is 14.8 Å². The van der Waals surface area contributed by atoms with Crippen molar-refractivity contribution < 1.29 is 28.9 Å². The normalized spacial score (nSPS) is 15.3. The molecule has 1 aliphatic heterocycles. The van der Waals surface area contributed by atoms with Gasteiger partial charge in [-0.1, -0.05) is 30.3 Å². The number of aliphatic hydroxyl groups is 1. The minimum absolute atomic E-state index is 0.00508. The summed E-state index contributed by atoms with van der Waals surface area (Å²) in [5, 5.41) is 11.8. The second kappa shape index (κ2) is 11.9. The maximum absolute atomic E-state index is 14.1. The summed E-state index contributed by atoms with van der Waals surface area (Å²) in [5.41, 5.74) is 1.98. The quantitative estimate of drug-likeness (QED) is 0.343. The van der Waals surface area contributed by atoms with Gasteiger partial charge in [0.15, 0.2) is 17.3 Å². The Hall–Kier alpha value is -3.89. The Bertz CT molecular complexity index is 1370. The first-order chi connectivity index (χ1) is 18.7. The van der Waals surface area contributed by atoms with E-state index in [9.17, 15) is 14.7 Å². The van der Waals surface area contributed by atoms with Gasteiger partial charge in [0.25, 0.3) is 5.91 Å². The van der Waals surface area contributed by atoms with Crippen LogP contribution in [0.25, 0.3) is 10.6 Å². The van der Waals surface area contributed by atoms with Gasteiger partial charge in [-0.3, -0.25) is 9.59 Å². The number of ketones is 1. The highest BCUT2D eigenvalue weighted by molar-refractivity contribution is 7.17. The largest absolute Gasteiger partial charge is 0.503 e. The molecule has 0 spiro atoms. The van der Waals surface area contributed by atoms with Crippen molar-refractivity contribution >= 4 is 23.0 Å². The van der Waals surface area contributed by atoms with Crippen molar-refractivity contribution in [2.45, 2.75) is 19.4 Å². The smallest absolute Gasteiger partial charge is 0.290 e. The molecule has 0 aliphatic carbocycles. The van der Waals surface area contributed by atoms with Gasteiger partial charge in [-0.05, 0) is 51.7 Å². The van der Waals surface area contributed by atoms with Crippen LogP contribution in [0.4, 0.5) is 0 Å². The number of carbonyl (C=O) groups excluding carboxylic acids is 2. The lowest BCUT2D eigenvalue weighted by Crippen LogP contribution is -2.33. The van der Waals surface area contributed by atoms with Crippen molar-refractivity contribution in [3.63, 3.8) is 0 Å². The first kappa shape index (κ1) is 28.1. The second-order valence-corrected chi connectivity index (χ2v) is 10.4. The highest BCUT2D eigenvalue weighted by Gasteiger charge is 2.45. The molecule has 0 bridgehead atoms. The molecule has 3 aromatic rings. The third-order valence-electron chi connectivity index (χ3n) is 6.58. The van der Waals surface area contributed by atoms with Gasteiger partial charge in [0.2, 0.25) is 11.5 Å². The Kier molecular flexibility index (Phi) is 8.57. The Labute approximate surface area is 232 Å². The number of amides is 1. The monoisotopic (exact) mass is 551 g/mol. The third kappa shape index (κ3) is 5.48. The summed E-state index contributed by atoms with van der Waals surface area (Å²) in [6.45, 7) is 2.81. The van der Waals surface area contributed by atoms with Gasteiger partial charge in [0.1, 0.15) is 5.01 Å². The summed E-state index contributed by atoms with van der Waals surface area (Å²) in [6.07, 6.45) is 0.645. The molecule has 1 atom stereocenters. The molecule has 1 N–H and O–H groups in total. The predicted octanol–water partition coefficient (Wildman–Crippen LogP) is 4.67. The lowest BCUT2D eigenvalue weighted by Gasteiger charge is -2.28. The molecular weight excluding hydrogens is 518 g/mol. The average Bonchev–Trinajstić information content (AvgIpc) is 3.45. The van der Waals surface area contributed by atoms with Gasteiger partial charge in [-0.2, -0.15) is 0 Å². The van der Waals surface area contributed by atoms with Gasteiger partial charge in [-0.25, -0.2) is 4.98 Å². The molecular formula is C29H33N3O6S. The molecule has 0 saturated heterocycles. The van der Waals surface area contributed by atoms with Gasteiger partial charge < -0.3 is 29.1 Å². The zero-order valence-electron chi connectivity index (χ0n) is 23.0. The Balaban J connectivity index is 1.83. The maximum atomic E-state index is 14.1. The lowest BCUT2D eigenvalue weighted by molar-refractivity contribution is -0.129. The number of ether oxygens (including phenoxy) is 3. The van der Waals surface area contributed by atoms with E-state index in [4.69, 9.17) is 14.2 Å². The summed E-state index contributed by atoms with van der Waals surface area (Å²) in [7, 11) is 8.40. The Morgan fingerprint density at radius 1 is 1.08 bits per heavy atom. The SMILES string of the molecule is COc1cc(C2C(C(=O)c3sc(-c4ccccc4)nc3C)=C(O)C(=O)N2CCCN(C)C)cc(OC)c1OC. The first-order valence-corrected chi connectivity index (χ1v) is 13.3. The number of nitrogens with zero attached hydrogens (tertiary/aromatic N) is 3. The number of Topliss-reactive ketones (excluding diaryl/α,β-unsaturated/α-hetero) is 1. The van der Waals surface area contributed by atoms with Crippen molar-refractivity contribution in [3.05, 3.63) is 69.9 Å². The number of benzene rings is 2. The fourth-order valence-electron chi connectivity index (χ4n) is 4.71. The van der Waals surface area contributed by atoms with Gasteiger partial charge in [-0.15, -0.1) is 11.3 Å². The van der Waals surface area contributed by atoms with E-state index >= 15 is 0 Å². The van der Waals surface area contributed by atoms with Crippen LogP contribution in [0.15, 0.2) is 53.8 Å². The number of thiazole rings is 1. The van der Waals surface area contributed by atoms with Crippen LogP contribution in [0.2, 0.25) is 0 Å². The van der Waals surface area contributed by atoms with Crippen molar-refractivity contribution in [3.8, 4) is 27.8 Å². The van der Waals surface area contributed by atoms with E-state index < -0.39 is 23.5 Å². The summed E-state index contributed by atoms with van der Waals surface area (Å²) >= 11 is 1.24. The average molecular weight is 552 g/mol. The Morgan fingerprint density at radius 3 is 2.28 bits per heavy atom. The van der Waals surface area contributed by atoms with E-state index in [0.717, 1.165) is 12.1 Å². The van der Waals surface area contributed by atoms with Gasteiger partial charge in [0, 0.05) is 12.1 Å². The molecule has 0 radical (unpaired) electrons. The summed E-state index contributed by atoms with van der Waals surface area (Å²) < 4.78 is 16.6. The van der Waals surface area contributed by atoms with Crippen LogP contribution in [-0.2, 0) is 4.79 Å². The molecule has 2 heterocycles. The summed E-state index contributed by atoms with van der Waals surface area (Å²) in [6, 6.07) is 12.1. The van der Waals surface area contributed by atoms with Crippen LogP contribution in [0.5, 0.6) is 17.2 Å². The fraction of sp³-hybridized carbons (Fsp3) is 0.345. The minimum Gasteiger partial charge on any atom is -0.503 e. The second-order valence-electron chi connectivity index (χ2n) is 9.41. The first-order valence-electron chi connectivity index (χ1n) is 12.5. The third-order valence-corrected chi connectivity index (χ3v) is 7.78. The van der Waals surface area contributed by atoms with Crippen molar-refractivity contribution in [2.24, 2.45) is 0 Å². The van der Waals surface area contributed by atoms with Crippen LogP contribution < -0.4 is 14.2 Å². The zero-order valence-corrected chi connectivity index (χ0v) is 23.8. The molecule has 206 valence electrons. The van der Waals surface area contributed by atoms with E-state index in [1.54, 1.807) is 19.1 Å². The summed E-state index contributed by atoms with van der Waals surface area (Å²) in [4.78, 5) is 36.0. The molecule has 1 unspecified atom stereocenters. The maximum Gasteiger partial charge on any atom is 0.290 e. The molecule has 39 heavy (non-hydrogen) atoms. The molecule has 0 saturated carbocycles. The van der Waals surface area contributed by atoms with Crippen LogP contribution in [0.1, 0.15) is 33.4 Å². The van der Waals surface area contributed by atoms with Crippen LogP contribution in [-0.4, -0.2) is 80.1 Å².